The van der Waals surface area contributed by atoms with Crippen LogP contribution in [0.2, 0.25) is 0 Å². The average Bonchev–Trinajstić information content (AvgIpc) is 2.79. The van der Waals surface area contributed by atoms with E-state index >= 15 is 0 Å². The van der Waals surface area contributed by atoms with Gasteiger partial charge in [0.2, 0.25) is 0 Å². The topological polar surface area (TPSA) is 48.6 Å². The van der Waals surface area contributed by atoms with Gasteiger partial charge in [-0.2, -0.15) is 0 Å². The maximum atomic E-state index is 12.6. The van der Waals surface area contributed by atoms with Crippen LogP contribution in [0.25, 0.3) is 0 Å². The molecule has 1 aromatic heterocycles. The van der Waals surface area contributed by atoms with Crippen LogP contribution >= 0.6 is 12.2 Å². The molecule has 0 saturated carbocycles. The maximum Gasteiger partial charge on any atom is 0.255 e. The molecule has 0 aliphatic carbocycles. The second-order valence-electron chi connectivity index (χ2n) is 9.62. The largest absolute Gasteiger partial charge is 0.336 e. The molecule has 0 fully saturated rings. The first kappa shape index (κ1) is 29.1. The third-order valence-corrected chi connectivity index (χ3v) is 7.69. The molecular formula is C27H52N3OS+. The molecule has 1 rings (SSSR count). The number of H-pyrrole nitrogens is 2. The number of hydrogen-bond donors (Lipinski definition) is 2. The lowest BCUT2D eigenvalue weighted by atomic mass is 10.0. The standard InChI is InChI=1S/C27H51N3OS/c1-5-9-10-11-12-13-14-15-16-17-18-19-21-24-25(28-27(32)29-26(24)31)22-20-23-30(6-2,7-3)8-4/h5-23H2,1-4H3,(H-,28,29,31,32)/p+1. The van der Waals surface area contributed by atoms with Crippen LogP contribution < -0.4 is 5.56 Å². The van der Waals surface area contributed by atoms with E-state index in [0.717, 1.165) is 48.0 Å². The highest BCUT2D eigenvalue weighted by molar-refractivity contribution is 7.71. The first-order valence-electron chi connectivity index (χ1n) is 13.7. The molecule has 1 heterocycles. The molecule has 1 aromatic rings. The summed E-state index contributed by atoms with van der Waals surface area (Å²) in [6.45, 7) is 13.8. The highest BCUT2D eigenvalue weighted by Crippen LogP contribution is 2.15. The van der Waals surface area contributed by atoms with Crippen molar-refractivity contribution in [3.8, 4) is 0 Å². The second kappa shape index (κ2) is 17.5. The van der Waals surface area contributed by atoms with Crippen molar-refractivity contribution >= 4 is 12.2 Å². The van der Waals surface area contributed by atoms with Crippen LogP contribution in [0.1, 0.15) is 122 Å². The summed E-state index contributed by atoms with van der Waals surface area (Å²) < 4.78 is 1.61. The first-order chi connectivity index (χ1) is 15.5. The van der Waals surface area contributed by atoms with Crippen molar-refractivity contribution in [2.24, 2.45) is 0 Å². The van der Waals surface area contributed by atoms with Gasteiger partial charge in [0.15, 0.2) is 4.77 Å². The van der Waals surface area contributed by atoms with Crippen molar-refractivity contribution in [3.05, 3.63) is 26.4 Å². The number of quaternary nitrogens is 1. The van der Waals surface area contributed by atoms with Crippen molar-refractivity contribution in [2.45, 2.75) is 124 Å². The SMILES string of the molecule is CCCCCCCCCCCCCCc1c(CCC[N+](CC)(CC)CC)[nH]c(=S)[nH]c1=O. The van der Waals surface area contributed by atoms with Crippen LogP contribution in [0.4, 0.5) is 0 Å². The summed E-state index contributed by atoms with van der Waals surface area (Å²) in [7, 11) is 0. The lowest BCUT2D eigenvalue weighted by Gasteiger charge is -2.35. The van der Waals surface area contributed by atoms with E-state index in [1.54, 1.807) is 0 Å². The summed E-state index contributed by atoms with van der Waals surface area (Å²) in [5.41, 5.74) is 2.03. The summed E-state index contributed by atoms with van der Waals surface area (Å²) >= 11 is 5.26. The smallest absolute Gasteiger partial charge is 0.255 e. The molecule has 0 aliphatic rings. The molecule has 0 aliphatic heterocycles. The Morgan fingerprint density at radius 1 is 0.656 bits per heavy atom. The summed E-state index contributed by atoms with van der Waals surface area (Å²) in [6, 6.07) is 0. The van der Waals surface area contributed by atoms with E-state index in [1.807, 2.05) is 0 Å². The minimum Gasteiger partial charge on any atom is -0.336 e. The fraction of sp³-hybridized carbons (Fsp3) is 0.852. The average molecular weight is 467 g/mol. The van der Waals surface area contributed by atoms with Crippen LogP contribution in [-0.2, 0) is 12.8 Å². The van der Waals surface area contributed by atoms with Gasteiger partial charge >= 0.3 is 0 Å². The van der Waals surface area contributed by atoms with E-state index in [1.165, 1.54) is 90.3 Å². The van der Waals surface area contributed by atoms with E-state index in [4.69, 9.17) is 12.2 Å². The maximum absolute atomic E-state index is 12.6. The van der Waals surface area contributed by atoms with Gasteiger partial charge in [0.05, 0.1) is 26.2 Å². The van der Waals surface area contributed by atoms with Gasteiger partial charge in [-0.25, -0.2) is 0 Å². The highest BCUT2D eigenvalue weighted by Gasteiger charge is 2.20. The Hall–Kier alpha value is -0.940. The number of aromatic nitrogens is 2. The van der Waals surface area contributed by atoms with Gasteiger partial charge in [0, 0.05) is 17.7 Å². The Kier molecular flexibility index (Phi) is 15.9. The fourth-order valence-electron chi connectivity index (χ4n) is 4.92. The van der Waals surface area contributed by atoms with Crippen molar-refractivity contribution in [2.75, 3.05) is 26.2 Å². The molecule has 0 bridgehead atoms. The zero-order valence-corrected chi connectivity index (χ0v) is 22.5. The monoisotopic (exact) mass is 466 g/mol. The van der Waals surface area contributed by atoms with Crippen LogP contribution in [0.5, 0.6) is 0 Å². The molecule has 32 heavy (non-hydrogen) atoms. The van der Waals surface area contributed by atoms with Crippen molar-refractivity contribution in [1.82, 2.24) is 9.97 Å². The molecule has 0 unspecified atom stereocenters. The van der Waals surface area contributed by atoms with Gasteiger partial charge in [-0.15, -0.1) is 0 Å². The Labute approximate surface area is 203 Å². The predicted molar refractivity (Wildman–Crippen MR) is 142 cm³/mol. The number of nitrogens with zero attached hydrogens (tertiary/aromatic N) is 1. The Bertz CT molecular complexity index is 697. The molecule has 0 atom stereocenters. The van der Waals surface area contributed by atoms with Crippen LogP contribution in [0, 0.1) is 4.77 Å². The lowest BCUT2D eigenvalue weighted by Crippen LogP contribution is -2.48. The van der Waals surface area contributed by atoms with Crippen LogP contribution in [0.15, 0.2) is 4.79 Å². The number of aryl methyl sites for hydroxylation is 1. The summed E-state index contributed by atoms with van der Waals surface area (Å²) in [4.78, 5) is 18.7. The van der Waals surface area contributed by atoms with Crippen molar-refractivity contribution in [3.63, 3.8) is 0 Å². The van der Waals surface area contributed by atoms with Gasteiger partial charge in [0.25, 0.3) is 5.56 Å². The van der Waals surface area contributed by atoms with Gasteiger partial charge < -0.3 is 9.47 Å². The lowest BCUT2D eigenvalue weighted by molar-refractivity contribution is -0.923. The van der Waals surface area contributed by atoms with Crippen LogP contribution in [-0.4, -0.2) is 40.6 Å². The molecule has 0 saturated heterocycles. The quantitative estimate of drug-likeness (QED) is 0.119. The normalized spacial score (nSPS) is 11.9. The number of rotatable bonds is 20. The van der Waals surface area contributed by atoms with Crippen molar-refractivity contribution < 1.29 is 4.48 Å². The Morgan fingerprint density at radius 3 is 1.66 bits per heavy atom. The minimum absolute atomic E-state index is 0.0223. The van der Waals surface area contributed by atoms with Gasteiger partial charge in [-0.3, -0.25) is 9.78 Å². The molecule has 0 radical (unpaired) electrons. The number of aromatic amines is 2. The molecule has 0 amide bonds. The van der Waals surface area contributed by atoms with E-state index in [-0.39, 0.29) is 5.56 Å². The second-order valence-corrected chi connectivity index (χ2v) is 10.0. The molecule has 2 N–H and O–H groups in total. The van der Waals surface area contributed by atoms with Gasteiger partial charge in [-0.05, 0) is 52.3 Å². The number of hydrogen-bond acceptors (Lipinski definition) is 2. The predicted octanol–water partition coefficient (Wildman–Crippen LogP) is 7.49. The molecule has 0 spiro atoms. The van der Waals surface area contributed by atoms with E-state index < -0.39 is 0 Å². The van der Waals surface area contributed by atoms with Gasteiger partial charge in [-0.1, -0.05) is 77.6 Å². The first-order valence-corrected chi connectivity index (χ1v) is 14.1. The Balaban J connectivity index is 2.37. The van der Waals surface area contributed by atoms with Gasteiger partial charge in [0.1, 0.15) is 0 Å². The summed E-state index contributed by atoms with van der Waals surface area (Å²) in [6.07, 6.45) is 18.9. The molecular weight excluding hydrogens is 414 g/mol. The highest BCUT2D eigenvalue weighted by atomic mass is 32.1. The van der Waals surface area contributed by atoms with E-state index in [9.17, 15) is 4.79 Å². The molecule has 186 valence electrons. The molecule has 0 aromatic carbocycles. The van der Waals surface area contributed by atoms with E-state index in [0.29, 0.717) is 4.77 Å². The number of nitrogens with one attached hydrogen (secondary N) is 2. The third-order valence-electron chi connectivity index (χ3n) is 7.48. The zero-order valence-electron chi connectivity index (χ0n) is 21.7. The van der Waals surface area contributed by atoms with E-state index in [2.05, 4.69) is 37.7 Å². The molecule has 5 heteroatoms. The van der Waals surface area contributed by atoms with Crippen LogP contribution in [0.3, 0.4) is 0 Å². The molecule has 4 nitrogen and oxygen atoms in total. The zero-order chi connectivity index (χ0) is 23.7. The summed E-state index contributed by atoms with van der Waals surface area (Å²) in [5, 5.41) is 0. The third kappa shape index (κ3) is 11.3. The van der Waals surface area contributed by atoms with Crippen molar-refractivity contribution in [1.29, 1.82) is 0 Å². The number of unbranched alkanes of at least 4 members (excludes halogenated alkanes) is 11. The Morgan fingerprint density at radius 2 is 1.16 bits per heavy atom. The minimum atomic E-state index is 0.0223. The summed E-state index contributed by atoms with van der Waals surface area (Å²) in [5.74, 6) is 0. The fourth-order valence-corrected chi connectivity index (χ4v) is 5.13.